The highest BCUT2D eigenvalue weighted by molar-refractivity contribution is 5.88. The van der Waals surface area contributed by atoms with E-state index in [1.54, 1.807) is 0 Å². The summed E-state index contributed by atoms with van der Waals surface area (Å²) in [6, 6.07) is 23.3. The third kappa shape index (κ3) is 3.43. The van der Waals surface area contributed by atoms with Gasteiger partial charge in [-0.15, -0.1) is 0 Å². The fraction of sp³-hybridized carbons (Fsp3) is 0.320. The van der Waals surface area contributed by atoms with Gasteiger partial charge in [0.25, 0.3) is 0 Å². The van der Waals surface area contributed by atoms with Crippen LogP contribution in [0.4, 0.5) is 0 Å². The molecule has 1 heterocycles. The second kappa shape index (κ2) is 7.62. The number of piperazine rings is 1. The van der Waals surface area contributed by atoms with Crippen LogP contribution in [0, 0.1) is 0 Å². The summed E-state index contributed by atoms with van der Waals surface area (Å²) < 4.78 is 0. The van der Waals surface area contributed by atoms with Crippen LogP contribution in [0.1, 0.15) is 16.7 Å². The maximum Gasteiger partial charge on any atom is 0.241 e. The SMILES string of the molecule is O=C(NCc1ccc2ccccc2c1)C1(N2CCNCC2)Cc2ccccc2C1. The minimum atomic E-state index is -0.470. The lowest BCUT2D eigenvalue weighted by molar-refractivity contribution is -0.134. The Morgan fingerprint density at radius 2 is 1.55 bits per heavy atom. The summed E-state index contributed by atoms with van der Waals surface area (Å²) in [6.07, 6.45) is 1.60. The van der Waals surface area contributed by atoms with Gasteiger partial charge < -0.3 is 10.6 Å². The van der Waals surface area contributed by atoms with Crippen molar-refractivity contribution in [2.24, 2.45) is 0 Å². The van der Waals surface area contributed by atoms with E-state index in [1.165, 1.54) is 21.9 Å². The summed E-state index contributed by atoms with van der Waals surface area (Å²) in [5.41, 5.74) is 3.30. The minimum Gasteiger partial charge on any atom is -0.350 e. The van der Waals surface area contributed by atoms with Crippen LogP contribution in [0.2, 0.25) is 0 Å². The average molecular weight is 386 g/mol. The molecular weight excluding hydrogens is 358 g/mol. The Balaban J connectivity index is 1.38. The summed E-state index contributed by atoms with van der Waals surface area (Å²) in [5.74, 6) is 0.156. The molecule has 4 nitrogen and oxygen atoms in total. The van der Waals surface area contributed by atoms with Gasteiger partial charge in [-0.05, 0) is 33.5 Å². The van der Waals surface area contributed by atoms with Gasteiger partial charge in [0, 0.05) is 45.6 Å². The van der Waals surface area contributed by atoms with Crippen LogP contribution in [-0.4, -0.2) is 42.5 Å². The molecule has 1 aliphatic carbocycles. The molecular formula is C25H27N3O. The summed E-state index contributed by atoms with van der Waals surface area (Å²) in [5, 5.41) is 9.13. The molecule has 0 aromatic heterocycles. The Labute approximate surface area is 171 Å². The lowest BCUT2D eigenvalue weighted by Gasteiger charge is -2.42. The molecule has 0 unspecified atom stereocenters. The molecule has 5 rings (SSSR count). The first-order valence-corrected chi connectivity index (χ1v) is 10.5. The van der Waals surface area contributed by atoms with Crippen molar-refractivity contribution >= 4 is 16.7 Å². The highest BCUT2D eigenvalue weighted by Gasteiger charge is 2.48. The molecule has 1 fully saturated rings. The van der Waals surface area contributed by atoms with E-state index in [0.717, 1.165) is 44.6 Å². The third-order valence-corrected chi connectivity index (χ3v) is 6.50. The van der Waals surface area contributed by atoms with Gasteiger partial charge in [0.05, 0.1) is 0 Å². The third-order valence-electron chi connectivity index (χ3n) is 6.50. The standard InChI is InChI=1S/C25H27N3O/c29-24(27-18-19-9-10-20-5-1-2-6-21(20)15-19)25(28-13-11-26-12-14-28)16-22-7-3-4-8-23(22)17-25/h1-10,15,26H,11-14,16-18H2,(H,27,29). The van der Waals surface area contributed by atoms with Crippen molar-refractivity contribution in [2.75, 3.05) is 26.2 Å². The monoisotopic (exact) mass is 385 g/mol. The van der Waals surface area contributed by atoms with E-state index in [9.17, 15) is 4.79 Å². The number of nitrogens with zero attached hydrogens (tertiary/aromatic N) is 1. The van der Waals surface area contributed by atoms with Crippen molar-refractivity contribution in [1.82, 2.24) is 15.5 Å². The molecule has 1 aliphatic heterocycles. The number of rotatable bonds is 4. The molecule has 148 valence electrons. The van der Waals surface area contributed by atoms with E-state index >= 15 is 0 Å². The van der Waals surface area contributed by atoms with E-state index in [2.05, 4.69) is 82.3 Å². The molecule has 1 amide bonds. The van der Waals surface area contributed by atoms with E-state index < -0.39 is 5.54 Å². The second-order valence-corrected chi connectivity index (χ2v) is 8.26. The van der Waals surface area contributed by atoms with E-state index in [-0.39, 0.29) is 5.91 Å². The fourth-order valence-corrected chi connectivity index (χ4v) is 4.91. The zero-order valence-corrected chi connectivity index (χ0v) is 16.7. The number of carbonyl (C=O) groups is 1. The van der Waals surface area contributed by atoms with Gasteiger partial charge in [-0.3, -0.25) is 9.69 Å². The topological polar surface area (TPSA) is 44.4 Å². The molecule has 0 atom stereocenters. The molecule has 2 aliphatic rings. The first-order valence-electron chi connectivity index (χ1n) is 10.5. The van der Waals surface area contributed by atoms with Gasteiger partial charge in [0.15, 0.2) is 0 Å². The summed E-state index contributed by atoms with van der Waals surface area (Å²) >= 11 is 0. The van der Waals surface area contributed by atoms with Gasteiger partial charge in [-0.25, -0.2) is 0 Å². The van der Waals surface area contributed by atoms with Crippen LogP contribution in [0.25, 0.3) is 10.8 Å². The van der Waals surface area contributed by atoms with Crippen molar-refractivity contribution in [3.8, 4) is 0 Å². The molecule has 3 aromatic rings. The molecule has 0 radical (unpaired) electrons. The Kier molecular flexibility index (Phi) is 4.82. The molecule has 2 N–H and O–H groups in total. The molecule has 0 bridgehead atoms. The van der Waals surface area contributed by atoms with Crippen LogP contribution in [0.15, 0.2) is 66.7 Å². The van der Waals surface area contributed by atoms with Crippen LogP contribution in [0.3, 0.4) is 0 Å². The zero-order valence-electron chi connectivity index (χ0n) is 16.7. The Morgan fingerprint density at radius 3 is 2.28 bits per heavy atom. The largest absolute Gasteiger partial charge is 0.350 e. The molecule has 0 spiro atoms. The van der Waals surface area contributed by atoms with Crippen LogP contribution >= 0.6 is 0 Å². The number of hydrogen-bond acceptors (Lipinski definition) is 3. The number of carbonyl (C=O) groups excluding carboxylic acids is 1. The van der Waals surface area contributed by atoms with Gasteiger partial charge in [-0.2, -0.15) is 0 Å². The van der Waals surface area contributed by atoms with Crippen molar-refractivity contribution in [3.05, 3.63) is 83.4 Å². The minimum absolute atomic E-state index is 0.156. The molecule has 4 heteroatoms. The van der Waals surface area contributed by atoms with Crippen LogP contribution in [-0.2, 0) is 24.2 Å². The lowest BCUT2D eigenvalue weighted by atomic mass is 9.91. The number of hydrogen-bond donors (Lipinski definition) is 2. The number of fused-ring (bicyclic) bond motifs is 2. The molecule has 3 aromatic carbocycles. The quantitative estimate of drug-likeness (QED) is 0.726. The normalized spacial score (nSPS) is 18.5. The van der Waals surface area contributed by atoms with E-state index in [1.807, 2.05) is 0 Å². The number of amides is 1. The summed E-state index contributed by atoms with van der Waals surface area (Å²) in [4.78, 5) is 16.0. The fourth-order valence-electron chi connectivity index (χ4n) is 4.91. The first-order chi connectivity index (χ1) is 14.2. The van der Waals surface area contributed by atoms with Crippen molar-refractivity contribution in [3.63, 3.8) is 0 Å². The van der Waals surface area contributed by atoms with Gasteiger partial charge >= 0.3 is 0 Å². The van der Waals surface area contributed by atoms with E-state index in [4.69, 9.17) is 0 Å². The number of nitrogens with one attached hydrogen (secondary N) is 2. The summed E-state index contributed by atoms with van der Waals surface area (Å²) in [6.45, 7) is 4.27. The van der Waals surface area contributed by atoms with Crippen molar-refractivity contribution in [1.29, 1.82) is 0 Å². The zero-order chi connectivity index (χ0) is 19.7. The maximum atomic E-state index is 13.6. The number of benzene rings is 3. The predicted molar refractivity (Wildman–Crippen MR) is 117 cm³/mol. The van der Waals surface area contributed by atoms with Crippen LogP contribution in [0.5, 0.6) is 0 Å². The second-order valence-electron chi connectivity index (χ2n) is 8.26. The Morgan fingerprint density at radius 1 is 0.897 bits per heavy atom. The van der Waals surface area contributed by atoms with Gasteiger partial charge in [0.1, 0.15) is 5.54 Å². The predicted octanol–water partition coefficient (Wildman–Crippen LogP) is 2.90. The van der Waals surface area contributed by atoms with E-state index in [0.29, 0.717) is 6.54 Å². The smallest absolute Gasteiger partial charge is 0.241 e. The lowest BCUT2D eigenvalue weighted by Crippen LogP contribution is -2.63. The van der Waals surface area contributed by atoms with Gasteiger partial charge in [0.2, 0.25) is 5.91 Å². The Bertz CT molecular complexity index is 1010. The van der Waals surface area contributed by atoms with Crippen LogP contribution < -0.4 is 10.6 Å². The van der Waals surface area contributed by atoms with Gasteiger partial charge in [-0.1, -0.05) is 60.7 Å². The average Bonchev–Trinajstić information content (AvgIpc) is 3.19. The maximum absolute atomic E-state index is 13.6. The molecule has 0 saturated carbocycles. The molecule has 1 saturated heterocycles. The van der Waals surface area contributed by atoms with Crippen molar-refractivity contribution in [2.45, 2.75) is 24.9 Å². The Hall–Kier alpha value is -2.69. The molecule has 29 heavy (non-hydrogen) atoms. The highest BCUT2D eigenvalue weighted by atomic mass is 16.2. The van der Waals surface area contributed by atoms with Crippen molar-refractivity contribution < 1.29 is 4.79 Å². The first kappa shape index (κ1) is 18.3. The summed E-state index contributed by atoms with van der Waals surface area (Å²) in [7, 11) is 0. The highest BCUT2D eigenvalue weighted by Crippen LogP contribution is 2.35.